The fourth-order valence-corrected chi connectivity index (χ4v) is 3.96. The first kappa shape index (κ1) is 17.8. The number of carbonyl (C=O) groups is 3. The number of carbonyl (C=O) groups excluding carboxylic acids is 2. The number of halogens is 2. The first-order valence-electron chi connectivity index (χ1n) is 7.19. The third kappa shape index (κ3) is 3.51. The van der Waals surface area contributed by atoms with Gasteiger partial charge in [-0.15, -0.1) is 11.8 Å². The van der Waals surface area contributed by atoms with Crippen LogP contribution in [0.3, 0.4) is 0 Å². The minimum Gasteiger partial charge on any atom is -0.478 e. The smallest absolute Gasteiger partial charge is 0.336 e. The lowest BCUT2D eigenvalue weighted by Gasteiger charge is -2.16. The van der Waals surface area contributed by atoms with Gasteiger partial charge >= 0.3 is 5.97 Å². The van der Waals surface area contributed by atoms with Crippen molar-refractivity contribution < 1.29 is 19.5 Å². The van der Waals surface area contributed by atoms with Gasteiger partial charge in [0.1, 0.15) is 0 Å². The quantitative estimate of drug-likeness (QED) is 0.788. The van der Waals surface area contributed by atoms with Crippen molar-refractivity contribution >= 4 is 58.4 Å². The zero-order chi connectivity index (χ0) is 18.1. The fraction of sp³-hybridized carbons (Fsp3) is 0.118. The second-order valence-corrected chi connectivity index (χ2v) is 7.34. The number of carboxylic acid groups (broad SMARTS) is 1. The van der Waals surface area contributed by atoms with E-state index in [1.54, 1.807) is 24.3 Å². The molecule has 8 heteroatoms. The van der Waals surface area contributed by atoms with Crippen molar-refractivity contribution in [1.29, 1.82) is 0 Å². The van der Waals surface area contributed by atoms with Crippen molar-refractivity contribution in [3.8, 4) is 0 Å². The van der Waals surface area contributed by atoms with E-state index in [4.69, 9.17) is 23.2 Å². The molecule has 1 aliphatic heterocycles. The van der Waals surface area contributed by atoms with Gasteiger partial charge in [0.2, 0.25) is 11.8 Å². The lowest BCUT2D eigenvalue weighted by Crippen LogP contribution is -2.31. The van der Waals surface area contributed by atoms with Crippen molar-refractivity contribution in [2.24, 2.45) is 0 Å². The normalized spacial score (nSPS) is 17.2. The summed E-state index contributed by atoms with van der Waals surface area (Å²) in [7, 11) is 0. The first-order valence-corrected chi connectivity index (χ1v) is 8.83. The molecule has 25 heavy (non-hydrogen) atoms. The number of amides is 2. The third-order valence-corrected chi connectivity index (χ3v) is 5.66. The van der Waals surface area contributed by atoms with Gasteiger partial charge in [0.05, 0.1) is 26.5 Å². The van der Waals surface area contributed by atoms with Crippen molar-refractivity contribution in [2.45, 2.75) is 16.6 Å². The van der Waals surface area contributed by atoms with Gasteiger partial charge < -0.3 is 5.11 Å². The molecule has 1 aliphatic rings. The summed E-state index contributed by atoms with van der Waals surface area (Å²) in [6.45, 7) is 0. The maximum absolute atomic E-state index is 12.7. The molecule has 1 saturated heterocycles. The highest BCUT2D eigenvalue weighted by atomic mass is 35.5. The Hall–Kier alpha value is -2.02. The molecule has 3 rings (SSSR count). The van der Waals surface area contributed by atoms with E-state index in [9.17, 15) is 19.5 Å². The summed E-state index contributed by atoms with van der Waals surface area (Å²) in [6, 6.07) is 10.9. The molecular formula is C17H11Cl2NO4S. The first-order chi connectivity index (χ1) is 11.9. The number of hydrogen-bond donors (Lipinski definition) is 1. The van der Waals surface area contributed by atoms with Crippen LogP contribution < -0.4 is 4.90 Å². The van der Waals surface area contributed by atoms with Crippen molar-refractivity contribution in [3.05, 3.63) is 58.1 Å². The van der Waals surface area contributed by atoms with Crippen molar-refractivity contribution in [3.63, 3.8) is 0 Å². The average Bonchev–Trinajstić information content (AvgIpc) is 2.84. The van der Waals surface area contributed by atoms with Crippen LogP contribution in [0.1, 0.15) is 16.8 Å². The molecule has 128 valence electrons. The summed E-state index contributed by atoms with van der Waals surface area (Å²) < 4.78 is 0. The van der Waals surface area contributed by atoms with Gasteiger partial charge in [-0.05, 0) is 30.3 Å². The maximum atomic E-state index is 12.7. The summed E-state index contributed by atoms with van der Waals surface area (Å²) in [5, 5.41) is 9.12. The number of thioether (sulfide) groups is 1. The molecule has 0 spiro atoms. The van der Waals surface area contributed by atoms with E-state index in [2.05, 4.69) is 0 Å². The topological polar surface area (TPSA) is 74.7 Å². The molecule has 2 amide bonds. The Kier molecular flexibility index (Phi) is 5.03. The number of anilines is 1. The molecule has 2 aromatic carbocycles. The SMILES string of the molecule is O=C(O)c1ccccc1S[C@H]1CC(=O)N(c2ccc(Cl)c(Cl)c2)C1=O. The average molecular weight is 396 g/mol. The molecule has 0 unspecified atom stereocenters. The number of benzene rings is 2. The van der Waals surface area contributed by atoms with Gasteiger partial charge in [-0.2, -0.15) is 0 Å². The Bertz CT molecular complexity index is 887. The summed E-state index contributed by atoms with van der Waals surface area (Å²) >= 11 is 12.9. The zero-order valence-corrected chi connectivity index (χ0v) is 14.9. The molecular weight excluding hydrogens is 385 g/mol. The molecule has 1 atom stereocenters. The number of nitrogens with zero attached hydrogens (tertiary/aromatic N) is 1. The predicted molar refractivity (Wildman–Crippen MR) is 96.6 cm³/mol. The second-order valence-electron chi connectivity index (χ2n) is 5.28. The molecule has 0 aromatic heterocycles. The van der Waals surface area contributed by atoms with Crippen LogP contribution in [0.2, 0.25) is 10.0 Å². The highest BCUT2D eigenvalue weighted by molar-refractivity contribution is 8.00. The van der Waals surface area contributed by atoms with Gasteiger partial charge in [0.25, 0.3) is 0 Å². The van der Waals surface area contributed by atoms with Crippen molar-refractivity contribution in [2.75, 3.05) is 4.90 Å². The number of hydrogen-bond acceptors (Lipinski definition) is 4. The van der Waals surface area contributed by atoms with E-state index in [1.165, 1.54) is 18.2 Å². The van der Waals surface area contributed by atoms with Crippen LogP contribution in [0, 0.1) is 0 Å². The summed E-state index contributed by atoms with van der Waals surface area (Å²) in [4.78, 5) is 37.8. The van der Waals surface area contributed by atoms with Crippen LogP contribution in [-0.4, -0.2) is 28.1 Å². The van der Waals surface area contributed by atoms with Crippen LogP contribution in [0.5, 0.6) is 0 Å². The zero-order valence-electron chi connectivity index (χ0n) is 12.6. The Labute approximate surface area is 157 Å². The summed E-state index contributed by atoms with van der Waals surface area (Å²) in [5.41, 5.74) is 0.444. The van der Waals surface area contributed by atoms with Crippen LogP contribution >= 0.6 is 35.0 Å². The molecule has 5 nitrogen and oxygen atoms in total. The van der Waals surface area contributed by atoms with E-state index in [0.29, 0.717) is 15.6 Å². The Morgan fingerprint density at radius 1 is 1.12 bits per heavy atom. The Morgan fingerprint density at radius 2 is 1.84 bits per heavy atom. The number of aromatic carboxylic acids is 1. The van der Waals surface area contributed by atoms with Gasteiger partial charge in [0.15, 0.2) is 0 Å². The van der Waals surface area contributed by atoms with E-state index in [0.717, 1.165) is 16.7 Å². The highest BCUT2D eigenvalue weighted by Gasteiger charge is 2.40. The molecule has 1 fully saturated rings. The minimum atomic E-state index is -1.08. The maximum Gasteiger partial charge on any atom is 0.336 e. The molecule has 0 radical (unpaired) electrons. The van der Waals surface area contributed by atoms with E-state index in [-0.39, 0.29) is 22.9 Å². The van der Waals surface area contributed by atoms with Crippen LogP contribution in [0.15, 0.2) is 47.4 Å². The molecule has 2 aromatic rings. The molecule has 1 heterocycles. The highest BCUT2D eigenvalue weighted by Crippen LogP contribution is 2.36. The Balaban J connectivity index is 1.87. The summed E-state index contributed by atoms with van der Waals surface area (Å²) in [5.74, 6) is -1.86. The molecule has 0 saturated carbocycles. The van der Waals surface area contributed by atoms with Crippen LogP contribution in [0.4, 0.5) is 5.69 Å². The van der Waals surface area contributed by atoms with Crippen LogP contribution in [0.25, 0.3) is 0 Å². The second kappa shape index (κ2) is 7.07. The number of imide groups is 1. The van der Waals surface area contributed by atoms with Gasteiger partial charge in [-0.25, -0.2) is 9.69 Å². The summed E-state index contributed by atoms with van der Waals surface area (Å²) in [6.07, 6.45) is -0.0162. The van der Waals surface area contributed by atoms with E-state index >= 15 is 0 Å². The standard InChI is InChI=1S/C17H11Cl2NO4S/c18-11-6-5-9(7-12(11)19)20-15(21)8-14(16(20)22)25-13-4-2-1-3-10(13)17(23)24/h1-7,14H,8H2,(H,23,24)/t14-/m0/s1. The number of rotatable bonds is 4. The molecule has 1 N–H and O–H groups in total. The third-order valence-electron chi connectivity index (χ3n) is 3.65. The largest absolute Gasteiger partial charge is 0.478 e. The van der Waals surface area contributed by atoms with Gasteiger partial charge in [0, 0.05) is 11.3 Å². The Morgan fingerprint density at radius 3 is 2.52 bits per heavy atom. The molecule has 0 aliphatic carbocycles. The van der Waals surface area contributed by atoms with Crippen LogP contribution in [-0.2, 0) is 9.59 Å². The van der Waals surface area contributed by atoms with Crippen molar-refractivity contribution in [1.82, 2.24) is 0 Å². The molecule has 0 bridgehead atoms. The van der Waals surface area contributed by atoms with Gasteiger partial charge in [-0.1, -0.05) is 35.3 Å². The monoisotopic (exact) mass is 395 g/mol. The van der Waals surface area contributed by atoms with E-state index in [1.807, 2.05) is 0 Å². The van der Waals surface area contributed by atoms with Gasteiger partial charge in [-0.3, -0.25) is 9.59 Å². The minimum absolute atomic E-state index is 0.0162. The lowest BCUT2D eigenvalue weighted by atomic mass is 10.2. The lowest BCUT2D eigenvalue weighted by molar-refractivity contribution is -0.121. The fourth-order valence-electron chi connectivity index (χ4n) is 2.49. The number of carboxylic acids is 1. The van der Waals surface area contributed by atoms with E-state index < -0.39 is 17.1 Å². The predicted octanol–water partition coefficient (Wildman–Crippen LogP) is 4.12.